The van der Waals surface area contributed by atoms with Gasteiger partial charge < -0.3 is 15.2 Å². The van der Waals surface area contributed by atoms with Crippen molar-refractivity contribution in [3.05, 3.63) is 70.7 Å². The lowest BCUT2D eigenvalue weighted by Gasteiger charge is -2.17. The summed E-state index contributed by atoms with van der Waals surface area (Å²) < 4.78 is 5.62. The van der Waals surface area contributed by atoms with Gasteiger partial charge in [-0.3, -0.25) is 4.79 Å². The number of nitrogens with one attached hydrogen (secondary N) is 1. The molecule has 0 radical (unpaired) electrons. The van der Waals surface area contributed by atoms with Crippen LogP contribution in [0.25, 0.3) is 0 Å². The van der Waals surface area contributed by atoms with Gasteiger partial charge in [-0.25, -0.2) is 0 Å². The van der Waals surface area contributed by atoms with Gasteiger partial charge in [0, 0.05) is 17.1 Å². The number of carbonyl (C=O) groups excluding carboxylic acids is 1. The summed E-state index contributed by atoms with van der Waals surface area (Å²) >= 11 is 5.85. The molecule has 0 heterocycles. The van der Waals surface area contributed by atoms with Crippen LogP contribution in [-0.4, -0.2) is 30.3 Å². The van der Waals surface area contributed by atoms with Crippen LogP contribution in [0.5, 0.6) is 0 Å². The number of hydrogen-bond donors (Lipinski definition) is 2. The molecule has 2 atom stereocenters. The van der Waals surface area contributed by atoms with Gasteiger partial charge in [-0.15, -0.1) is 0 Å². The van der Waals surface area contributed by atoms with E-state index in [9.17, 15) is 9.90 Å². The molecule has 2 aromatic rings. The highest BCUT2D eigenvalue weighted by Gasteiger charge is 2.12. The molecule has 0 spiro atoms. The van der Waals surface area contributed by atoms with Gasteiger partial charge in [-0.2, -0.15) is 0 Å². The molecule has 2 rings (SSSR count). The van der Waals surface area contributed by atoms with Crippen molar-refractivity contribution in [3.63, 3.8) is 0 Å². The Hall–Kier alpha value is -1.88. The normalized spacial score (nSPS) is 13.3. The van der Waals surface area contributed by atoms with Gasteiger partial charge in [0.15, 0.2) is 0 Å². The number of ether oxygens (including phenoxy) is 1. The first-order valence-electron chi connectivity index (χ1n) is 7.44. The van der Waals surface area contributed by atoms with E-state index in [0.29, 0.717) is 10.6 Å². The third kappa shape index (κ3) is 5.67. The monoisotopic (exact) mass is 333 g/mol. The second-order valence-electron chi connectivity index (χ2n) is 5.26. The molecule has 2 N–H and O–H groups in total. The van der Waals surface area contributed by atoms with E-state index in [1.54, 1.807) is 24.3 Å². The molecular formula is C18H20ClNO3. The second kappa shape index (κ2) is 8.67. The molecular weight excluding hydrogens is 314 g/mol. The van der Waals surface area contributed by atoms with E-state index in [4.69, 9.17) is 16.3 Å². The van der Waals surface area contributed by atoms with E-state index >= 15 is 0 Å². The molecule has 0 saturated heterocycles. The van der Waals surface area contributed by atoms with Crippen LogP contribution in [0.1, 0.15) is 28.9 Å². The summed E-state index contributed by atoms with van der Waals surface area (Å²) in [5, 5.41) is 13.1. The number of aliphatic hydroxyl groups excluding tert-OH is 1. The Labute approximate surface area is 141 Å². The maximum absolute atomic E-state index is 11.9. The maximum Gasteiger partial charge on any atom is 0.251 e. The predicted octanol–water partition coefficient (Wildman–Crippen LogP) is 3.21. The molecule has 1 amide bonds. The summed E-state index contributed by atoms with van der Waals surface area (Å²) in [7, 11) is 0. The third-order valence-electron chi connectivity index (χ3n) is 3.39. The number of benzene rings is 2. The number of amides is 1. The molecule has 0 aliphatic heterocycles. The van der Waals surface area contributed by atoms with E-state index in [2.05, 4.69) is 5.32 Å². The van der Waals surface area contributed by atoms with E-state index in [1.165, 1.54) is 0 Å². The van der Waals surface area contributed by atoms with Crippen molar-refractivity contribution in [1.29, 1.82) is 0 Å². The summed E-state index contributed by atoms with van der Waals surface area (Å²) in [6, 6.07) is 16.4. The number of halogens is 1. The molecule has 0 saturated carbocycles. The van der Waals surface area contributed by atoms with Crippen molar-refractivity contribution in [3.8, 4) is 0 Å². The van der Waals surface area contributed by atoms with E-state index in [1.807, 2.05) is 37.3 Å². The molecule has 0 fully saturated rings. The average Bonchev–Trinajstić information content (AvgIpc) is 2.58. The average molecular weight is 334 g/mol. The summed E-state index contributed by atoms with van der Waals surface area (Å²) in [4.78, 5) is 11.9. The Kier molecular flexibility index (Phi) is 6.59. The van der Waals surface area contributed by atoms with E-state index < -0.39 is 6.10 Å². The van der Waals surface area contributed by atoms with Gasteiger partial charge in [0.2, 0.25) is 0 Å². The van der Waals surface area contributed by atoms with Crippen LogP contribution < -0.4 is 5.32 Å². The van der Waals surface area contributed by atoms with Gasteiger partial charge in [0.05, 0.1) is 18.8 Å². The summed E-state index contributed by atoms with van der Waals surface area (Å²) in [5.41, 5.74) is 1.51. The lowest BCUT2D eigenvalue weighted by atomic mass is 10.1. The van der Waals surface area contributed by atoms with Gasteiger partial charge in [-0.05, 0) is 30.7 Å². The molecule has 2 aromatic carbocycles. The number of aliphatic hydroxyl groups is 1. The largest absolute Gasteiger partial charge is 0.389 e. The summed E-state index contributed by atoms with van der Waals surface area (Å²) in [5.74, 6) is -0.275. The summed E-state index contributed by atoms with van der Waals surface area (Å²) in [6.07, 6.45) is -0.890. The zero-order chi connectivity index (χ0) is 16.7. The van der Waals surface area contributed by atoms with Crippen molar-refractivity contribution >= 4 is 17.5 Å². The molecule has 4 nitrogen and oxygen atoms in total. The lowest BCUT2D eigenvalue weighted by Crippen LogP contribution is -2.34. The fourth-order valence-corrected chi connectivity index (χ4v) is 2.27. The summed E-state index contributed by atoms with van der Waals surface area (Å²) in [6.45, 7) is 2.19. The van der Waals surface area contributed by atoms with Crippen LogP contribution in [0.15, 0.2) is 54.6 Å². The van der Waals surface area contributed by atoms with Crippen molar-refractivity contribution in [2.75, 3.05) is 13.2 Å². The Morgan fingerprint density at radius 2 is 1.96 bits per heavy atom. The molecule has 0 aromatic heterocycles. The van der Waals surface area contributed by atoms with Gasteiger partial charge in [0.25, 0.3) is 5.91 Å². The molecule has 0 aliphatic rings. The van der Waals surface area contributed by atoms with Crippen LogP contribution in [-0.2, 0) is 4.74 Å². The smallest absolute Gasteiger partial charge is 0.251 e. The van der Waals surface area contributed by atoms with Gasteiger partial charge in [-0.1, -0.05) is 48.0 Å². The zero-order valence-electron chi connectivity index (χ0n) is 12.9. The SMILES string of the molecule is C[C@H](OC[C@H](O)CNC(=O)c1cccc(Cl)c1)c1ccccc1. The molecule has 5 heteroatoms. The molecule has 122 valence electrons. The Balaban J connectivity index is 1.75. The van der Waals surface area contributed by atoms with E-state index in [-0.39, 0.29) is 25.2 Å². The molecule has 0 unspecified atom stereocenters. The third-order valence-corrected chi connectivity index (χ3v) is 3.63. The van der Waals surface area contributed by atoms with Crippen LogP contribution in [0.3, 0.4) is 0 Å². The fourth-order valence-electron chi connectivity index (χ4n) is 2.08. The highest BCUT2D eigenvalue weighted by molar-refractivity contribution is 6.30. The number of hydrogen-bond acceptors (Lipinski definition) is 3. The first-order chi connectivity index (χ1) is 11.1. The van der Waals surface area contributed by atoms with Crippen molar-refractivity contribution < 1.29 is 14.6 Å². The minimum absolute atomic E-state index is 0.116. The molecule has 0 aliphatic carbocycles. The predicted molar refractivity (Wildman–Crippen MR) is 90.6 cm³/mol. The van der Waals surface area contributed by atoms with Crippen LogP contribution in [0.4, 0.5) is 0 Å². The number of carbonyl (C=O) groups is 1. The van der Waals surface area contributed by atoms with Crippen LogP contribution in [0.2, 0.25) is 5.02 Å². The minimum atomic E-state index is -0.774. The van der Waals surface area contributed by atoms with Crippen LogP contribution >= 0.6 is 11.6 Å². The Morgan fingerprint density at radius 1 is 1.22 bits per heavy atom. The topological polar surface area (TPSA) is 58.6 Å². The highest BCUT2D eigenvalue weighted by Crippen LogP contribution is 2.16. The van der Waals surface area contributed by atoms with Gasteiger partial charge >= 0.3 is 0 Å². The van der Waals surface area contributed by atoms with Crippen molar-refractivity contribution in [1.82, 2.24) is 5.32 Å². The fraction of sp³-hybridized carbons (Fsp3) is 0.278. The highest BCUT2D eigenvalue weighted by atomic mass is 35.5. The zero-order valence-corrected chi connectivity index (χ0v) is 13.7. The van der Waals surface area contributed by atoms with Crippen molar-refractivity contribution in [2.45, 2.75) is 19.1 Å². The maximum atomic E-state index is 11.9. The second-order valence-corrected chi connectivity index (χ2v) is 5.70. The molecule has 23 heavy (non-hydrogen) atoms. The van der Waals surface area contributed by atoms with Gasteiger partial charge in [0.1, 0.15) is 0 Å². The first-order valence-corrected chi connectivity index (χ1v) is 7.82. The lowest BCUT2D eigenvalue weighted by molar-refractivity contribution is -0.00171. The quantitative estimate of drug-likeness (QED) is 0.818. The Bertz CT molecular complexity index is 633. The van der Waals surface area contributed by atoms with Crippen molar-refractivity contribution in [2.24, 2.45) is 0 Å². The van der Waals surface area contributed by atoms with E-state index in [0.717, 1.165) is 5.56 Å². The first kappa shape index (κ1) is 17.5. The minimum Gasteiger partial charge on any atom is -0.389 e. The van der Waals surface area contributed by atoms with Crippen LogP contribution in [0, 0.1) is 0 Å². The Morgan fingerprint density at radius 3 is 2.65 bits per heavy atom. The number of rotatable bonds is 7. The molecule has 0 bridgehead atoms. The standard InChI is InChI=1S/C18H20ClNO3/c1-13(14-6-3-2-4-7-14)23-12-17(21)11-20-18(22)15-8-5-9-16(19)10-15/h2-10,13,17,21H,11-12H2,1H3,(H,20,22)/t13-,17+/m0/s1.